The van der Waals surface area contributed by atoms with Gasteiger partial charge in [-0.2, -0.15) is 0 Å². The second-order valence-corrected chi connectivity index (χ2v) is 8.78. The van der Waals surface area contributed by atoms with Gasteiger partial charge in [0.25, 0.3) is 0 Å². The highest BCUT2D eigenvalue weighted by atomic mass is 15.3. The Morgan fingerprint density at radius 3 is 2.43 bits per heavy atom. The van der Waals surface area contributed by atoms with Gasteiger partial charge in [0.2, 0.25) is 0 Å². The molecule has 168 valence electrons. The monoisotopic (exact) mass is 414 g/mol. The molecule has 0 aliphatic carbocycles. The number of piperazine rings is 1. The minimum atomic E-state index is 0.555. The van der Waals surface area contributed by atoms with Crippen molar-refractivity contribution in [3.05, 3.63) is 29.8 Å². The summed E-state index contributed by atoms with van der Waals surface area (Å²) in [5.74, 6) is 0.966. The lowest BCUT2D eigenvalue weighted by molar-refractivity contribution is 0.206. The second-order valence-electron chi connectivity index (χ2n) is 8.78. The number of aryl methyl sites for hydroxylation is 1. The first kappa shape index (κ1) is 22.9. The van der Waals surface area contributed by atoms with Gasteiger partial charge in [-0.05, 0) is 63.4 Å². The van der Waals surface area contributed by atoms with E-state index in [9.17, 15) is 0 Å². The summed E-state index contributed by atoms with van der Waals surface area (Å²) in [6.45, 7) is 14.8. The van der Waals surface area contributed by atoms with E-state index < -0.39 is 0 Å². The van der Waals surface area contributed by atoms with Gasteiger partial charge in [-0.15, -0.1) is 0 Å². The number of aliphatic imine (C=N–C) groups is 1. The third-order valence-electron chi connectivity index (χ3n) is 6.37. The highest BCUT2D eigenvalue weighted by Gasteiger charge is 2.19. The molecule has 0 amide bonds. The normalized spacial score (nSPS) is 19.8. The lowest BCUT2D eigenvalue weighted by Gasteiger charge is -2.36. The third-order valence-corrected chi connectivity index (χ3v) is 6.37. The number of hydrogen-bond acceptors (Lipinski definition) is 4. The number of rotatable bonds is 8. The highest BCUT2D eigenvalue weighted by molar-refractivity contribution is 5.79. The van der Waals surface area contributed by atoms with Gasteiger partial charge in [0.1, 0.15) is 0 Å². The molecule has 30 heavy (non-hydrogen) atoms. The van der Waals surface area contributed by atoms with Crippen LogP contribution < -0.4 is 15.5 Å². The standard InChI is InChI=1S/C24H42N6/c1-4-12-28-14-9-22(10-15-28)27-24(25-3)26-11-6-13-29-16-18-30(19-17-29)23-8-5-7-21(2)20-23/h5,7-8,20,22H,4,6,9-19H2,1-3H3,(H2,25,26,27). The van der Waals surface area contributed by atoms with E-state index in [2.05, 4.69) is 68.4 Å². The summed E-state index contributed by atoms with van der Waals surface area (Å²) in [7, 11) is 1.88. The molecule has 0 spiro atoms. The molecular weight excluding hydrogens is 372 g/mol. The van der Waals surface area contributed by atoms with Crippen LogP contribution in [0, 0.1) is 6.92 Å². The molecule has 0 bridgehead atoms. The Labute approximate surface area is 183 Å². The zero-order valence-electron chi connectivity index (χ0n) is 19.4. The predicted octanol–water partition coefficient (Wildman–Crippen LogP) is 2.55. The first-order chi connectivity index (χ1) is 14.7. The van der Waals surface area contributed by atoms with Gasteiger partial charge >= 0.3 is 0 Å². The second kappa shape index (κ2) is 12.2. The molecule has 2 heterocycles. The van der Waals surface area contributed by atoms with Crippen LogP contribution in [0.25, 0.3) is 0 Å². The average molecular weight is 415 g/mol. The van der Waals surface area contributed by atoms with Gasteiger partial charge in [-0.1, -0.05) is 19.1 Å². The van der Waals surface area contributed by atoms with Crippen molar-refractivity contribution < 1.29 is 0 Å². The Hall–Kier alpha value is -1.79. The van der Waals surface area contributed by atoms with Crippen LogP contribution in [0.1, 0.15) is 38.2 Å². The van der Waals surface area contributed by atoms with Crippen LogP contribution in [-0.4, -0.2) is 87.8 Å². The molecule has 3 rings (SSSR count). The van der Waals surface area contributed by atoms with Crippen molar-refractivity contribution in [2.45, 2.75) is 45.6 Å². The summed E-state index contributed by atoms with van der Waals surface area (Å²) in [4.78, 5) is 12.1. The van der Waals surface area contributed by atoms with Crippen molar-refractivity contribution in [3.63, 3.8) is 0 Å². The third kappa shape index (κ3) is 7.17. The summed E-state index contributed by atoms with van der Waals surface area (Å²) < 4.78 is 0. The number of nitrogens with zero attached hydrogens (tertiary/aromatic N) is 4. The predicted molar refractivity (Wildman–Crippen MR) is 129 cm³/mol. The number of piperidine rings is 1. The Kier molecular flexibility index (Phi) is 9.27. The number of likely N-dealkylation sites (tertiary alicyclic amines) is 1. The molecule has 0 unspecified atom stereocenters. The molecule has 2 aliphatic heterocycles. The fraction of sp³-hybridized carbons (Fsp3) is 0.708. The van der Waals surface area contributed by atoms with Crippen LogP contribution in [-0.2, 0) is 0 Å². The van der Waals surface area contributed by atoms with E-state index in [-0.39, 0.29) is 0 Å². The first-order valence-electron chi connectivity index (χ1n) is 11.9. The summed E-state index contributed by atoms with van der Waals surface area (Å²) in [6.07, 6.45) is 4.83. The molecule has 6 nitrogen and oxygen atoms in total. The van der Waals surface area contributed by atoms with E-state index in [1.54, 1.807) is 0 Å². The zero-order valence-corrected chi connectivity index (χ0v) is 19.4. The Morgan fingerprint density at radius 1 is 1.03 bits per heavy atom. The topological polar surface area (TPSA) is 46.1 Å². The van der Waals surface area contributed by atoms with Crippen LogP contribution in [0.15, 0.2) is 29.3 Å². The van der Waals surface area contributed by atoms with Crippen LogP contribution in [0.3, 0.4) is 0 Å². The minimum Gasteiger partial charge on any atom is -0.369 e. The summed E-state index contributed by atoms with van der Waals surface area (Å²) in [5, 5.41) is 7.15. The Balaban J connectivity index is 1.28. The number of benzene rings is 1. The van der Waals surface area contributed by atoms with Crippen molar-refractivity contribution >= 4 is 11.6 Å². The molecule has 0 saturated carbocycles. The van der Waals surface area contributed by atoms with E-state index in [0.29, 0.717) is 6.04 Å². The molecule has 2 fully saturated rings. The molecular formula is C24H42N6. The van der Waals surface area contributed by atoms with Gasteiger partial charge < -0.3 is 20.4 Å². The maximum atomic E-state index is 4.43. The number of nitrogens with one attached hydrogen (secondary N) is 2. The fourth-order valence-electron chi connectivity index (χ4n) is 4.57. The molecule has 2 saturated heterocycles. The van der Waals surface area contributed by atoms with Crippen molar-refractivity contribution in [3.8, 4) is 0 Å². The quantitative estimate of drug-likeness (QED) is 0.389. The van der Waals surface area contributed by atoms with Gasteiger partial charge in [0, 0.05) is 64.6 Å². The van der Waals surface area contributed by atoms with Gasteiger partial charge in [0.05, 0.1) is 0 Å². The maximum Gasteiger partial charge on any atom is 0.191 e. The smallest absolute Gasteiger partial charge is 0.191 e. The lowest BCUT2D eigenvalue weighted by Crippen LogP contribution is -2.49. The summed E-state index contributed by atoms with van der Waals surface area (Å²) in [5.41, 5.74) is 2.71. The summed E-state index contributed by atoms with van der Waals surface area (Å²) in [6, 6.07) is 9.42. The largest absolute Gasteiger partial charge is 0.369 e. The highest BCUT2D eigenvalue weighted by Crippen LogP contribution is 2.17. The van der Waals surface area contributed by atoms with Gasteiger partial charge in [-0.25, -0.2) is 0 Å². The van der Waals surface area contributed by atoms with Gasteiger partial charge in [0.15, 0.2) is 5.96 Å². The van der Waals surface area contributed by atoms with Crippen molar-refractivity contribution in [1.29, 1.82) is 0 Å². The van der Waals surface area contributed by atoms with E-state index in [4.69, 9.17) is 0 Å². The molecule has 6 heteroatoms. The molecule has 0 aromatic heterocycles. The van der Waals surface area contributed by atoms with Crippen LogP contribution in [0.4, 0.5) is 5.69 Å². The number of guanidine groups is 1. The molecule has 0 radical (unpaired) electrons. The van der Waals surface area contributed by atoms with Gasteiger partial charge in [-0.3, -0.25) is 9.89 Å². The Bertz CT molecular complexity index is 645. The first-order valence-corrected chi connectivity index (χ1v) is 11.9. The van der Waals surface area contributed by atoms with Crippen LogP contribution in [0.5, 0.6) is 0 Å². The zero-order chi connectivity index (χ0) is 21.2. The van der Waals surface area contributed by atoms with Crippen LogP contribution >= 0.6 is 0 Å². The molecule has 2 aliphatic rings. The molecule has 1 aromatic carbocycles. The summed E-state index contributed by atoms with van der Waals surface area (Å²) >= 11 is 0. The molecule has 2 N–H and O–H groups in total. The van der Waals surface area contributed by atoms with E-state index in [1.807, 2.05) is 7.05 Å². The number of hydrogen-bond donors (Lipinski definition) is 2. The van der Waals surface area contributed by atoms with E-state index in [0.717, 1.165) is 51.6 Å². The van der Waals surface area contributed by atoms with E-state index >= 15 is 0 Å². The van der Waals surface area contributed by atoms with Crippen molar-refractivity contribution in [2.24, 2.45) is 4.99 Å². The van der Waals surface area contributed by atoms with Crippen molar-refractivity contribution in [1.82, 2.24) is 20.4 Å². The van der Waals surface area contributed by atoms with E-state index in [1.165, 1.54) is 50.1 Å². The van der Waals surface area contributed by atoms with Crippen LogP contribution in [0.2, 0.25) is 0 Å². The maximum absolute atomic E-state index is 4.43. The molecule has 0 atom stereocenters. The van der Waals surface area contributed by atoms with Crippen molar-refractivity contribution in [2.75, 3.05) is 70.9 Å². The Morgan fingerprint density at radius 2 is 1.77 bits per heavy atom. The fourth-order valence-corrected chi connectivity index (χ4v) is 4.57. The number of anilines is 1. The minimum absolute atomic E-state index is 0.555. The lowest BCUT2D eigenvalue weighted by atomic mass is 10.1. The SMILES string of the molecule is CCCN1CCC(NC(=NC)NCCCN2CCN(c3cccc(C)c3)CC2)CC1. The molecule has 1 aromatic rings. The average Bonchev–Trinajstić information content (AvgIpc) is 2.77.